The molecule has 2 atom stereocenters. The highest BCUT2D eigenvalue weighted by Crippen LogP contribution is 2.19. The van der Waals surface area contributed by atoms with Gasteiger partial charge in [0.25, 0.3) is 0 Å². The molecule has 3 N–H and O–H groups in total. The lowest BCUT2D eigenvalue weighted by molar-refractivity contribution is -0.143. The van der Waals surface area contributed by atoms with Gasteiger partial charge in [-0.05, 0) is 89.9 Å². The topological polar surface area (TPSA) is 95.9 Å². The van der Waals surface area contributed by atoms with Gasteiger partial charge in [-0.15, -0.1) is 0 Å². The monoisotopic (exact) mass is 1230 g/mol. The first-order valence-electron chi connectivity index (χ1n) is 39.9. The van der Waals surface area contributed by atoms with E-state index in [1.807, 2.05) is 6.08 Å². The number of allylic oxidation sites excluding steroid dienone is 7. The smallest absolute Gasteiger partial charge is 0.305 e. The van der Waals surface area contributed by atoms with Crippen LogP contribution in [0.2, 0.25) is 0 Å². The molecule has 0 saturated heterocycles. The summed E-state index contributed by atoms with van der Waals surface area (Å²) in [6.07, 6.45) is 102. The van der Waals surface area contributed by atoms with Gasteiger partial charge in [0.15, 0.2) is 0 Å². The fraction of sp³-hybridized carbons (Fsp3) is 0.878. The van der Waals surface area contributed by atoms with Crippen molar-refractivity contribution in [2.75, 3.05) is 13.2 Å². The Labute approximate surface area is 550 Å². The molecule has 0 aromatic heterocycles. The molecule has 0 fully saturated rings. The second-order valence-corrected chi connectivity index (χ2v) is 27.4. The zero-order valence-corrected chi connectivity index (χ0v) is 59.5. The maximum Gasteiger partial charge on any atom is 0.305 e. The van der Waals surface area contributed by atoms with Crippen LogP contribution in [0.15, 0.2) is 48.6 Å². The number of nitrogens with one attached hydrogen (secondary N) is 1. The predicted octanol–water partition coefficient (Wildman–Crippen LogP) is 26.4. The van der Waals surface area contributed by atoms with E-state index < -0.39 is 12.1 Å². The van der Waals surface area contributed by atoms with Crippen LogP contribution in [-0.4, -0.2) is 47.4 Å². The SMILES string of the molecule is CCCCCCCC/C=C\CCCCCCCCCC(=O)OCCCCCCCCCCC/C=C\C/C=C\CCCCCCCCCCCCCCCC(=O)NC(CO)C(O)/C=C/CCCCCCCCCCCCCCCCCCCCCCCCC. The molecule has 6 heteroatoms. The summed E-state index contributed by atoms with van der Waals surface area (Å²) in [5.74, 6) is -0.0555. The molecule has 0 aliphatic rings. The Balaban J connectivity index is 3.42. The minimum Gasteiger partial charge on any atom is -0.466 e. The molecule has 0 aromatic rings. The first kappa shape index (κ1) is 85.8. The zero-order chi connectivity index (χ0) is 63.5. The van der Waals surface area contributed by atoms with Crippen LogP contribution in [0.3, 0.4) is 0 Å². The van der Waals surface area contributed by atoms with Crippen LogP contribution < -0.4 is 5.32 Å². The van der Waals surface area contributed by atoms with Crippen molar-refractivity contribution in [1.82, 2.24) is 5.32 Å². The normalized spacial score (nSPS) is 12.7. The molecule has 2 unspecified atom stereocenters. The van der Waals surface area contributed by atoms with E-state index in [9.17, 15) is 19.8 Å². The quantitative estimate of drug-likeness (QED) is 0.0320. The number of esters is 1. The summed E-state index contributed by atoms with van der Waals surface area (Å²) in [6, 6.07) is -0.631. The predicted molar refractivity (Wildman–Crippen MR) is 389 cm³/mol. The van der Waals surface area contributed by atoms with Crippen LogP contribution in [0.25, 0.3) is 0 Å². The molecular weight excluding hydrogens is 1080 g/mol. The average molecular weight is 1240 g/mol. The van der Waals surface area contributed by atoms with Crippen molar-refractivity contribution >= 4 is 11.9 Å². The lowest BCUT2D eigenvalue weighted by atomic mass is 10.0. The Morgan fingerprint density at radius 3 is 0.875 bits per heavy atom. The van der Waals surface area contributed by atoms with E-state index in [0.29, 0.717) is 19.4 Å². The Morgan fingerprint density at radius 1 is 0.318 bits per heavy atom. The summed E-state index contributed by atoms with van der Waals surface area (Å²) >= 11 is 0. The van der Waals surface area contributed by atoms with Gasteiger partial charge in [-0.2, -0.15) is 0 Å². The Morgan fingerprint density at radius 2 is 0.568 bits per heavy atom. The van der Waals surface area contributed by atoms with E-state index in [1.54, 1.807) is 6.08 Å². The van der Waals surface area contributed by atoms with Gasteiger partial charge in [0.1, 0.15) is 0 Å². The zero-order valence-electron chi connectivity index (χ0n) is 59.5. The molecule has 0 bridgehead atoms. The largest absolute Gasteiger partial charge is 0.466 e. The van der Waals surface area contributed by atoms with Gasteiger partial charge in [-0.3, -0.25) is 9.59 Å². The lowest BCUT2D eigenvalue weighted by Crippen LogP contribution is -2.45. The van der Waals surface area contributed by atoms with Gasteiger partial charge in [0.05, 0.1) is 25.4 Å². The van der Waals surface area contributed by atoms with Crippen LogP contribution in [0, 0.1) is 0 Å². The summed E-state index contributed by atoms with van der Waals surface area (Å²) < 4.78 is 5.50. The maximum atomic E-state index is 12.6. The van der Waals surface area contributed by atoms with Crippen molar-refractivity contribution in [2.45, 2.75) is 450 Å². The first-order valence-corrected chi connectivity index (χ1v) is 39.9. The standard InChI is InChI=1S/C82H155NO5/c1-3-5-7-9-11-13-15-17-19-21-22-23-24-30-33-36-39-43-46-50-54-58-62-66-70-74-80(85)79(78-84)83-81(86)75-71-67-63-59-55-51-47-44-40-37-34-31-28-26-25-27-29-32-35-38-41-45-49-53-57-61-65-69-73-77-88-82(87)76-72-68-64-60-56-52-48-42-20-18-16-14-12-10-8-6-4-2/h18,20,25,27,32,35,70,74,79-80,84-85H,3-17,19,21-24,26,28-31,33-34,36-69,71-73,75-78H2,1-2H3,(H,83,86)/b20-18-,27-25-,35-32-,74-70+. The van der Waals surface area contributed by atoms with Gasteiger partial charge < -0.3 is 20.3 Å². The number of rotatable bonds is 75. The number of amides is 1. The number of ether oxygens (including phenoxy) is 1. The van der Waals surface area contributed by atoms with Crippen molar-refractivity contribution in [1.29, 1.82) is 0 Å². The number of aliphatic hydroxyl groups is 2. The molecule has 0 aliphatic carbocycles. The molecule has 0 radical (unpaired) electrons. The highest BCUT2D eigenvalue weighted by molar-refractivity contribution is 5.76. The fourth-order valence-corrected chi connectivity index (χ4v) is 12.5. The number of hydrogen-bond acceptors (Lipinski definition) is 5. The van der Waals surface area contributed by atoms with Gasteiger partial charge in [-0.1, -0.05) is 383 Å². The minimum absolute atomic E-state index is 0.00896. The van der Waals surface area contributed by atoms with E-state index >= 15 is 0 Å². The summed E-state index contributed by atoms with van der Waals surface area (Å²) in [4.78, 5) is 24.7. The van der Waals surface area contributed by atoms with Gasteiger partial charge >= 0.3 is 5.97 Å². The number of hydrogen-bond donors (Lipinski definition) is 3. The van der Waals surface area contributed by atoms with E-state index in [1.165, 1.54) is 360 Å². The molecule has 518 valence electrons. The number of carbonyl (C=O) groups is 2. The van der Waals surface area contributed by atoms with Crippen LogP contribution >= 0.6 is 0 Å². The second kappa shape index (κ2) is 77.3. The third kappa shape index (κ3) is 72.9. The summed E-state index contributed by atoms with van der Waals surface area (Å²) in [6.45, 7) is 4.94. The van der Waals surface area contributed by atoms with Crippen LogP contribution in [0.4, 0.5) is 0 Å². The van der Waals surface area contributed by atoms with Crippen molar-refractivity contribution in [3.05, 3.63) is 48.6 Å². The van der Waals surface area contributed by atoms with Crippen molar-refractivity contribution in [2.24, 2.45) is 0 Å². The minimum atomic E-state index is -0.848. The van der Waals surface area contributed by atoms with E-state index in [2.05, 4.69) is 55.6 Å². The molecular formula is C82H155NO5. The molecule has 0 spiro atoms. The molecule has 1 amide bonds. The first-order chi connectivity index (χ1) is 43.5. The Hall–Kier alpha value is -2.18. The van der Waals surface area contributed by atoms with Crippen LogP contribution in [0.5, 0.6) is 0 Å². The Bertz CT molecular complexity index is 1470. The van der Waals surface area contributed by atoms with Gasteiger partial charge in [-0.25, -0.2) is 0 Å². The third-order valence-corrected chi connectivity index (χ3v) is 18.6. The molecule has 88 heavy (non-hydrogen) atoms. The summed E-state index contributed by atoms with van der Waals surface area (Å²) in [5, 5.41) is 23.3. The summed E-state index contributed by atoms with van der Waals surface area (Å²) in [7, 11) is 0. The molecule has 0 aliphatic heterocycles. The summed E-state index contributed by atoms with van der Waals surface area (Å²) in [5.41, 5.74) is 0. The highest BCUT2D eigenvalue weighted by atomic mass is 16.5. The fourth-order valence-electron chi connectivity index (χ4n) is 12.5. The van der Waals surface area contributed by atoms with Crippen LogP contribution in [0.1, 0.15) is 438 Å². The molecule has 6 nitrogen and oxygen atoms in total. The Kier molecular flexibility index (Phi) is 75.4. The molecule has 0 aromatic carbocycles. The molecule has 0 saturated carbocycles. The maximum absolute atomic E-state index is 12.6. The number of aliphatic hydroxyl groups excluding tert-OH is 2. The van der Waals surface area contributed by atoms with E-state index in [0.717, 1.165) is 51.4 Å². The number of unbranched alkanes of at least 4 members (excludes halogenated alkanes) is 58. The highest BCUT2D eigenvalue weighted by Gasteiger charge is 2.18. The lowest BCUT2D eigenvalue weighted by Gasteiger charge is -2.20. The molecule has 0 rings (SSSR count). The van der Waals surface area contributed by atoms with E-state index in [4.69, 9.17) is 4.74 Å². The van der Waals surface area contributed by atoms with Crippen LogP contribution in [-0.2, 0) is 14.3 Å². The molecule has 0 heterocycles. The third-order valence-electron chi connectivity index (χ3n) is 18.6. The van der Waals surface area contributed by atoms with Crippen molar-refractivity contribution in [3.8, 4) is 0 Å². The van der Waals surface area contributed by atoms with Gasteiger partial charge in [0, 0.05) is 12.8 Å². The van der Waals surface area contributed by atoms with Crippen molar-refractivity contribution in [3.63, 3.8) is 0 Å². The number of carbonyl (C=O) groups excluding carboxylic acids is 2. The van der Waals surface area contributed by atoms with Crippen molar-refractivity contribution < 1.29 is 24.5 Å². The second-order valence-electron chi connectivity index (χ2n) is 27.4. The average Bonchev–Trinajstić information content (AvgIpc) is 3.58. The van der Waals surface area contributed by atoms with Gasteiger partial charge in [0.2, 0.25) is 5.91 Å². The van der Waals surface area contributed by atoms with E-state index in [-0.39, 0.29) is 18.5 Å².